The topological polar surface area (TPSA) is 30.3 Å². The van der Waals surface area contributed by atoms with Crippen LogP contribution in [-0.4, -0.2) is 47.1 Å². The van der Waals surface area contributed by atoms with Crippen LogP contribution >= 0.6 is 11.6 Å². The highest BCUT2D eigenvalue weighted by atomic mass is 35.5. The summed E-state index contributed by atoms with van der Waals surface area (Å²) in [7, 11) is 3.91. The number of alkyl halides is 1. The fraction of sp³-hybridized carbons (Fsp3) is 0.562. The number of hydrogen-bond donors (Lipinski definition) is 0. The van der Waals surface area contributed by atoms with Crippen molar-refractivity contribution < 1.29 is 4.74 Å². The number of aromatic nitrogens is 2. The van der Waals surface area contributed by atoms with E-state index in [4.69, 9.17) is 21.3 Å². The van der Waals surface area contributed by atoms with Crippen LogP contribution in [0.2, 0.25) is 0 Å². The summed E-state index contributed by atoms with van der Waals surface area (Å²) < 4.78 is 7.69. The van der Waals surface area contributed by atoms with Crippen LogP contribution in [0.1, 0.15) is 18.7 Å². The molecule has 1 saturated heterocycles. The van der Waals surface area contributed by atoms with Gasteiger partial charge in [-0.15, -0.1) is 11.6 Å². The number of halogens is 1. The van der Waals surface area contributed by atoms with Crippen molar-refractivity contribution in [1.29, 1.82) is 0 Å². The molecular weight excluding hydrogens is 286 g/mol. The lowest BCUT2D eigenvalue weighted by Crippen LogP contribution is -2.30. The number of likely N-dealkylation sites (tertiary alicyclic amines) is 1. The minimum absolute atomic E-state index is 0.586. The molecule has 0 N–H and O–H groups in total. The van der Waals surface area contributed by atoms with Gasteiger partial charge in [0.1, 0.15) is 11.6 Å². The number of nitrogens with zero attached hydrogens (tertiary/aromatic N) is 3. The van der Waals surface area contributed by atoms with Gasteiger partial charge in [-0.2, -0.15) is 0 Å². The lowest BCUT2D eigenvalue weighted by atomic mass is 10.2. The molecule has 2 heterocycles. The van der Waals surface area contributed by atoms with Crippen LogP contribution in [-0.2, 0) is 13.0 Å². The van der Waals surface area contributed by atoms with Crippen LogP contribution < -0.4 is 4.74 Å². The highest BCUT2D eigenvalue weighted by Gasteiger charge is 2.23. The molecule has 1 aromatic carbocycles. The number of aryl methyl sites for hydroxylation is 1. The predicted molar refractivity (Wildman–Crippen MR) is 86.4 cm³/mol. The summed E-state index contributed by atoms with van der Waals surface area (Å²) in [5.41, 5.74) is 2.17. The second-order valence-corrected chi connectivity index (χ2v) is 6.09. The number of imidazole rings is 1. The Morgan fingerprint density at radius 3 is 2.95 bits per heavy atom. The highest BCUT2D eigenvalue weighted by Crippen LogP contribution is 2.25. The quantitative estimate of drug-likeness (QED) is 0.796. The Balaban J connectivity index is 2.01. The summed E-state index contributed by atoms with van der Waals surface area (Å²) in [5.74, 6) is 2.55. The van der Waals surface area contributed by atoms with E-state index in [-0.39, 0.29) is 0 Å². The first-order valence-corrected chi connectivity index (χ1v) is 8.05. The van der Waals surface area contributed by atoms with Gasteiger partial charge in [0, 0.05) is 31.0 Å². The molecule has 0 aliphatic carbocycles. The molecule has 2 aromatic rings. The van der Waals surface area contributed by atoms with Gasteiger partial charge < -0.3 is 14.2 Å². The number of likely N-dealkylation sites (N-methyl/N-ethyl adjacent to an activating group) is 1. The maximum absolute atomic E-state index is 5.95. The van der Waals surface area contributed by atoms with E-state index in [0.29, 0.717) is 11.9 Å². The first-order chi connectivity index (χ1) is 10.2. The molecule has 1 fully saturated rings. The number of benzene rings is 1. The fourth-order valence-corrected chi connectivity index (χ4v) is 3.35. The lowest BCUT2D eigenvalue weighted by Gasteiger charge is -2.21. The van der Waals surface area contributed by atoms with Crippen LogP contribution in [0.15, 0.2) is 18.2 Å². The molecule has 114 valence electrons. The number of hydrogen-bond acceptors (Lipinski definition) is 3. The van der Waals surface area contributed by atoms with Crippen molar-refractivity contribution in [3.63, 3.8) is 0 Å². The van der Waals surface area contributed by atoms with Crippen molar-refractivity contribution in [1.82, 2.24) is 14.5 Å². The molecule has 0 bridgehead atoms. The molecule has 0 spiro atoms. The molecule has 3 rings (SSSR count). The van der Waals surface area contributed by atoms with Crippen molar-refractivity contribution in [2.75, 3.05) is 26.6 Å². The maximum Gasteiger partial charge on any atom is 0.121 e. The maximum atomic E-state index is 5.95. The van der Waals surface area contributed by atoms with Crippen molar-refractivity contribution in [3.8, 4) is 5.75 Å². The zero-order valence-corrected chi connectivity index (χ0v) is 13.4. The fourth-order valence-electron chi connectivity index (χ4n) is 3.18. The second-order valence-electron chi connectivity index (χ2n) is 5.71. The summed E-state index contributed by atoms with van der Waals surface area (Å²) >= 11 is 5.95. The van der Waals surface area contributed by atoms with Crippen molar-refractivity contribution in [3.05, 3.63) is 24.0 Å². The van der Waals surface area contributed by atoms with E-state index in [0.717, 1.165) is 35.6 Å². The Kier molecular flexibility index (Phi) is 4.36. The van der Waals surface area contributed by atoms with Gasteiger partial charge in [0.05, 0.1) is 18.1 Å². The zero-order valence-electron chi connectivity index (χ0n) is 12.7. The SMILES string of the molecule is COc1ccc2nc(CCCl)n(CC3CCCN3C)c2c1. The Morgan fingerprint density at radius 2 is 2.29 bits per heavy atom. The van der Waals surface area contributed by atoms with Gasteiger partial charge in [0.25, 0.3) is 0 Å². The van der Waals surface area contributed by atoms with Crippen molar-refractivity contribution >= 4 is 22.6 Å². The average Bonchev–Trinajstić information content (AvgIpc) is 3.04. The molecule has 1 aliphatic heterocycles. The largest absolute Gasteiger partial charge is 0.497 e. The van der Waals surface area contributed by atoms with Crippen molar-refractivity contribution in [2.45, 2.75) is 31.8 Å². The van der Waals surface area contributed by atoms with Crippen LogP contribution in [0.3, 0.4) is 0 Å². The second kappa shape index (κ2) is 6.24. The summed E-state index contributed by atoms with van der Waals surface area (Å²) in [6.07, 6.45) is 3.33. The van der Waals surface area contributed by atoms with Gasteiger partial charge in [0.15, 0.2) is 0 Å². The molecule has 0 saturated carbocycles. The Bertz CT molecular complexity index is 625. The average molecular weight is 308 g/mol. The van der Waals surface area contributed by atoms with E-state index in [1.54, 1.807) is 7.11 Å². The van der Waals surface area contributed by atoms with Crippen molar-refractivity contribution in [2.24, 2.45) is 0 Å². The minimum atomic E-state index is 0.586. The zero-order chi connectivity index (χ0) is 14.8. The van der Waals surface area contributed by atoms with Gasteiger partial charge in [-0.3, -0.25) is 0 Å². The standard InChI is InChI=1S/C16H22ClN3O/c1-19-9-3-4-12(19)11-20-15-10-13(21-2)5-6-14(15)18-16(20)7-8-17/h5-6,10,12H,3-4,7-9,11H2,1-2H3. The molecule has 21 heavy (non-hydrogen) atoms. The smallest absolute Gasteiger partial charge is 0.121 e. The molecule has 1 aromatic heterocycles. The third-order valence-corrected chi connectivity index (χ3v) is 4.61. The van der Waals surface area contributed by atoms with E-state index >= 15 is 0 Å². The normalized spacial score (nSPS) is 19.5. The molecule has 4 nitrogen and oxygen atoms in total. The molecule has 5 heteroatoms. The first-order valence-electron chi connectivity index (χ1n) is 7.52. The van der Waals surface area contributed by atoms with E-state index in [1.807, 2.05) is 12.1 Å². The minimum Gasteiger partial charge on any atom is -0.497 e. The number of methoxy groups -OCH3 is 1. The van der Waals surface area contributed by atoms with E-state index in [9.17, 15) is 0 Å². The third kappa shape index (κ3) is 2.87. The molecule has 0 amide bonds. The Labute approximate surface area is 130 Å². The molecule has 1 aliphatic rings. The molecule has 1 unspecified atom stereocenters. The van der Waals surface area contributed by atoms with Gasteiger partial charge in [-0.05, 0) is 38.6 Å². The molecule has 1 atom stereocenters. The number of rotatable bonds is 5. The Hall–Kier alpha value is -1.26. The van der Waals surface area contributed by atoms with Crippen LogP contribution in [0.25, 0.3) is 11.0 Å². The van der Waals surface area contributed by atoms with E-state index in [2.05, 4.69) is 22.6 Å². The van der Waals surface area contributed by atoms with Gasteiger partial charge in [-0.1, -0.05) is 0 Å². The van der Waals surface area contributed by atoms with E-state index < -0.39 is 0 Å². The summed E-state index contributed by atoms with van der Waals surface area (Å²) in [6, 6.07) is 6.66. The van der Waals surface area contributed by atoms with Gasteiger partial charge >= 0.3 is 0 Å². The van der Waals surface area contributed by atoms with Gasteiger partial charge in [0.2, 0.25) is 0 Å². The molecule has 0 radical (unpaired) electrons. The lowest BCUT2D eigenvalue weighted by molar-refractivity contribution is 0.282. The number of fused-ring (bicyclic) bond motifs is 1. The predicted octanol–water partition coefficient (Wildman–Crippen LogP) is 2.92. The van der Waals surface area contributed by atoms with Gasteiger partial charge in [-0.25, -0.2) is 4.98 Å². The van der Waals surface area contributed by atoms with E-state index in [1.165, 1.54) is 19.4 Å². The first kappa shape index (κ1) is 14.7. The Morgan fingerprint density at radius 1 is 1.43 bits per heavy atom. The van der Waals surface area contributed by atoms with Crippen LogP contribution in [0.5, 0.6) is 5.75 Å². The van der Waals surface area contributed by atoms with Crippen LogP contribution in [0.4, 0.5) is 0 Å². The number of ether oxygens (including phenoxy) is 1. The summed E-state index contributed by atoms with van der Waals surface area (Å²) in [6.45, 7) is 2.16. The summed E-state index contributed by atoms with van der Waals surface area (Å²) in [5, 5.41) is 0. The van der Waals surface area contributed by atoms with Crippen LogP contribution in [0, 0.1) is 0 Å². The molecular formula is C16H22ClN3O. The monoisotopic (exact) mass is 307 g/mol. The summed E-state index contributed by atoms with van der Waals surface area (Å²) in [4.78, 5) is 7.19. The third-order valence-electron chi connectivity index (χ3n) is 4.42. The highest BCUT2D eigenvalue weighted by molar-refractivity contribution is 6.17.